The lowest BCUT2D eigenvalue weighted by Gasteiger charge is -2.34. The number of halogens is 8. The van der Waals surface area contributed by atoms with Crippen LogP contribution in [0.25, 0.3) is 0 Å². The highest BCUT2D eigenvalue weighted by molar-refractivity contribution is 9.10. The molecule has 0 radical (unpaired) electrons. The van der Waals surface area contributed by atoms with Gasteiger partial charge in [0.05, 0.1) is 6.61 Å². The van der Waals surface area contributed by atoms with Crippen LogP contribution in [-0.2, 0) is 9.53 Å². The summed E-state index contributed by atoms with van der Waals surface area (Å²) in [6.07, 6.45) is -14.6. The van der Waals surface area contributed by atoms with Crippen molar-refractivity contribution in [2.45, 2.75) is 42.6 Å². The topological polar surface area (TPSA) is 26.3 Å². The summed E-state index contributed by atoms with van der Waals surface area (Å²) in [4.78, 5) is 11.2. The minimum atomic E-state index is -6.20. The molecule has 0 aromatic rings. The summed E-state index contributed by atoms with van der Waals surface area (Å²) in [7, 11) is 0. The second-order valence-electron chi connectivity index (χ2n) is 3.89. The van der Waals surface area contributed by atoms with Gasteiger partial charge in [-0.2, -0.15) is 26.3 Å². The molecule has 0 bridgehead atoms. The van der Waals surface area contributed by atoms with E-state index >= 15 is 0 Å². The zero-order chi connectivity index (χ0) is 15.7. The molecule has 0 saturated carbocycles. The fourth-order valence-corrected chi connectivity index (χ4v) is 1.67. The number of rotatable bonds is 4. The van der Waals surface area contributed by atoms with Crippen LogP contribution in [0.4, 0.5) is 30.7 Å². The Labute approximate surface area is 112 Å². The van der Waals surface area contributed by atoms with Crippen molar-refractivity contribution < 1.29 is 40.3 Å². The van der Waals surface area contributed by atoms with Crippen molar-refractivity contribution in [3.63, 3.8) is 0 Å². The Morgan fingerprint density at radius 3 is 1.68 bits per heavy atom. The first-order chi connectivity index (χ1) is 8.19. The quantitative estimate of drug-likeness (QED) is 0.430. The molecular formula is C9H10BrF7O2. The van der Waals surface area contributed by atoms with E-state index in [2.05, 4.69) is 20.7 Å². The Hall–Kier alpha value is -0.540. The molecule has 0 spiro atoms. The van der Waals surface area contributed by atoms with E-state index in [0.29, 0.717) is 6.92 Å². The largest absolute Gasteiger partial charge is 0.465 e. The van der Waals surface area contributed by atoms with Crippen molar-refractivity contribution in [1.29, 1.82) is 0 Å². The summed E-state index contributed by atoms with van der Waals surface area (Å²) in [5.41, 5.74) is -5.51. The molecule has 0 fully saturated rings. The Bertz CT molecular complexity index is 320. The Kier molecular flexibility index (Phi) is 5.30. The first-order valence-electron chi connectivity index (χ1n) is 4.87. The third-order valence-corrected chi connectivity index (χ3v) is 2.78. The Morgan fingerprint density at radius 1 is 1.05 bits per heavy atom. The highest BCUT2D eigenvalue weighted by Gasteiger charge is 2.74. The molecule has 19 heavy (non-hydrogen) atoms. The molecule has 1 atom stereocenters. The van der Waals surface area contributed by atoms with Crippen LogP contribution in [0.5, 0.6) is 0 Å². The number of carbonyl (C=O) groups excluding carboxylic acids is 1. The lowest BCUT2D eigenvalue weighted by Crippen LogP contribution is -2.57. The average Bonchev–Trinajstić information content (AvgIpc) is 2.13. The van der Waals surface area contributed by atoms with Crippen molar-refractivity contribution in [2.75, 3.05) is 6.61 Å². The van der Waals surface area contributed by atoms with Crippen LogP contribution in [0.15, 0.2) is 0 Å². The third kappa shape index (κ3) is 3.96. The van der Waals surface area contributed by atoms with Crippen LogP contribution in [0, 0.1) is 0 Å². The first-order valence-corrected chi connectivity index (χ1v) is 5.67. The smallest absolute Gasteiger partial charge is 0.431 e. The maximum absolute atomic E-state index is 13.4. The molecule has 0 aromatic carbocycles. The van der Waals surface area contributed by atoms with Crippen molar-refractivity contribution in [3.8, 4) is 0 Å². The first kappa shape index (κ1) is 18.5. The van der Waals surface area contributed by atoms with E-state index in [1.807, 2.05) is 0 Å². The van der Waals surface area contributed by atoms with Gasteiger partial charge < -0.3 is 4.74 Å². The van der Waals surface area contributed by atoms with Crippen LogP contribution >= 0.6 is 15.9 Å². The lowest BCUT2D eigenvalue weighted by molar-refractivity contribution is -0.344. The van der Waals surface area contributed by atoms with Crippen molar-refractivity contribution in [2.24, 2.45) is 0 Å². The molecule has 0 amide bonds. The van der Waals surface area contributed by atoms with Crippen molar-refractivity contribution >= 4 is 21.9 Å². The number of ether oxygens (including phenoxy) is 1. The summed E-state index contributed by atoms with van der Waals surface area (Å²) in [6, 6.07) is 0. The van der Waals surface area contributed by atoms with Crippen LogP contribution in [-0.4, -0.2) is 34.9 Å². The number of esters is 1. The zero-order valence-electron chi connectivity index (χ0n) is 9.75. The molecule has 2 nitrogen and oxygen atoms in total. The predicted molar refractivity (Wildman–Crippen MR) is 54.5 cm³/mol. The van der Waals surface area contributed by atoms with Crippen LogP contribution < -0.4 is 0 Å². The zero-order valence-corrected chi connectivity index (χ0v) is 11.3. The minimum absolute atomic E-state index is 0.267. The van der Waals surface area contributed by atoms with Gasteiger partial charge in [0.25, 0.3) is 0 Å². The number of alkyl halides is 8. The van der Waals surface area contributed by atoms with E-state index in [9.17, 15) is 35.5 Å². The summed E-state index contributed by atoms with van der Waals surface area (Å²) in [5.74, 6) is -1.41. The van der Waals surface area contributed by atoms with E-state index < -0.39 is 34.7 Å². The molecular weight excluding hydrogens is 353 g/mol. The van der Waals surface area contributed by atoms with Gasteiger partial charge in [-0.25, -0.2) is 4.39 Å². The molecule has 114 valence electrons. The normalized spacial score (nSPS) is 16.9. The van der Waals surface area contributed by atoms with E-state index in [-0.39, 0.29) is 6.61 Å². The fourth-order valence-electron chi connectivity index (χ4n) is 1.17. The van der Waals surface area contributed by atoms with E-state index in [4.69, 9.17) is 0 Å². The molecule has 0 N–H and O–H groups in total. The molecule has 0 aliphatic carbocycles. The van der Waals surface area contributed by atoms with Gasteiger partial charge in [-0.3, -0.25) is 4.79 Å². The van der Waals surface area contributed by atoms with E-state index in [1.165, 1.54) is 6.92 Å². The molecule has 0 heterocycles. The molecule has 0 aliphatic rings. The van der Waals surface area contributed by atoms with E-state index in [1.54, 1.807) is 0 Å². The van der Waals surface area contributed by atoms with Crippen molar-refractivity contribution in [1.82, 2.24) is 0 Å². The average molecular weight is 363 g/mol. The Morgan fingerprint density at radius 2 is 1.42 bits per heavy atom. The second kappa shape index (κ2) is 5.45. The van der Waals surface area contributed by atoms with E-state index in [0.717, 1.165) is 0 Å². The van der Waals surface area contributed by atoms with Gasteiger partial charge >= 0.3 is 24.0 Å². The minimum Gasteiger partial charge on any atom is -0.465 e. The van der Waals surface area contributed by atoms with Crippen molar-refractivity contribution in [3.05, 3.63) is 0 Å². The summed E-state index contributed by atoms with van der Waals surface area (Å²) >= 11 is 2.35. The van der Waals surface area contributed by atoms with Gasteiger partial charge in [0, 0.05) is 6.42 Å². The number of hydrogen-bond donors (Lipinski definition) is 0. The van der Waals surface area contributed by atoms with Crippen LogP contribution in [0.3, 0.4) is 0 Å². The predicted octanol–water partition coefficient (Wildman–Crippen LogP) is 3.93. The van der Waals surface area contributed by atoms with Gasteiger partial charge in [-0.15, -0.1) is 0 Å². The standard InChI is InChI=1S/C9H10BrF7O2/c1-3-19-5(18)6(2,10)4-7(11,8(12,13)14)9(15,16)17/h3-4H2,1-2H3. The number of carbonyl (C=O) groups is 1. The summed E-state index contributed by atoms with van der Waals surface area (Å²) in [5, 5.41) is 0. The SMILES string of the molecule is CCOC(=O)C(C)(Br)CC(F)(C(F)(F)F)C(F)(F)F. The summed E-state index contributed by atoms with van der Waals surface area (Å²) in [6.45, 7) is 1.71. The lowest BCUT2D eigenvalue weighted by atomic mass is 9.91. The Balaban J connectivity index is 5.44. The highest BCUT2D eigenvalue weighted by atomic mass is 79.9. The summed E-state index contributed by atoms with van der Waals surface area (Å²) < 4.78 is 89.1. The molecule has 0 saturated heterocycles. The van der Waals surface area contributed by atoms with Crippen LogP contribution in [0.1, 0.15) is 20.3 Å². The molecule has 0 aromatic heterocycles. The maximum atomic E-state index is 13.4. The number of hydrogen-bond acceptors (Lipinski definition) is 2. The highest BCUT2D eigenvalue weighted by Crippen LogP contribution is 2.51. The molecule has 1 unspecified atom stereocenters. The van der Waals surface area contributed by atoms with Gasteiger partial charge in [0.15, 0.2) is 0 Å². The van der Waals surface area contributed by atoms with Crippen LogP contribution in [0.2, 0.25) is 0 Å². The molecule has 0 aliphatic heterocycles. The van der Waals surface area contributed by atoms with Gasteiger partial charge in [-0.05, 0) is 13.8 Å². The molecule has 0 rings (SSSR count). The molecule has 10 heteroatoms. The fraction of sp³-hybridized carbons (Fsp3) is 0.889. The van der Waals surface area contributed by atoms with Gasteiger partial charge in [-0.1, -0.05) is 15.9 Å². The second-order valence-corrected chi connectivity index (χ2v) is 5.64. The monoisotopic (exact) mass is 362 g/mol. The third-order valence-electron chi connectivity index (χ3n) is 2.18. The maximum Gasteiger partial charge on any atom is 0.431 e. The van der Waals surface area contributed by atoms with Gasteiger partial charge in [0.1, 0.15) is 4.32 Å². The van der Waals surface area contributed by atoms with Gasteiger partial charge in [0.2, 0.25) is 0 Å².